The number of hydrogen-bond acceptors (Lipinski definition) is 6. The zero-order valence-electron chi connectivity index (χ0n) is 17.0. The number of H-pyrrole nitrogens is 1. The Morgan fingerprint density at radius 2 is 1.93 bits per heavy atom. The fraction of sp³-hybridized carbons (Fsp3) is 0.381. The predicted octanol–water partition coefficient (Wildman–Crippen LogP) is 1.15. The first-order valence-corrected chi connectivity index (χ1v) is 13.1. The van der Waals surface area contributed by atoms with Crippen LogP contribution in [0.2, 0.25) is 19.6 Å². The van der Waals surface area contributed by atoms with Gasteiger partial charge in [-0.2, -0.15) is 0 Å². The van der Waals surface area contributed by atoms with Gasteiger partial charge < -0.3 is 14.6 Å². The third kappa shape index (κ3) is 5.16. The molecule has 4 atom stereocenters. The van der Waals surface area contributed by atoms with Crippen molar-refractivity contribution in [2.24, 2.45) is 5.92 Å². The number of carbonyl (C=O) groups excluding carboxylic acids is 1. The summed E-state index contributed by atoms with van der Waals surface area (Å²) in [7, 11) is -1.75. The summed E-state index contributed by atoms with van der Waals surface area (Å²) in [6, 6.07) is 9.70. The molecule has 1 fully saturated rings. The van der Waals surface area contributed by atoms with Crippen LogP contribution in [0.3, 0.4) is 0 Å². The number of aromatic nitrogens is 2. The molecule has 1 saturated heterocycles. The number of aliphatic hydroxyl groups is 1. The molecule has 30 heavy (non-hydrogen) atoms. The Hall–Kier alpha value is -2.93. The quantitative estimate of drug-likeness (QED) is 0.429. The fourth-order valence-corrected chi connectivity index (χ4v) is 3.64. The number of ether oxygens (including phenoxy) is 2. The molecule has 8 nitrogen and oxygen atoms in total. The normalized spacial score (nSPS) is 23.5. The van der Waals surface area contributed by atoms with Crippen molar-refractivity contribution in [1.82, 2.24) is 9.55 Å². The van der Waals surface area contributed by atoms with E-state index in [9.17, 15) is 19.5 Å². The molecule has 9 heteroatoms. The van der Waals surface area contributed by atoms with Crippen LogP contribution >= 0.6 is 0 Å². The average molecular weight is 429 g/mol. The molecule has 2 heterocycles. The van der Waals surface area contributed by atoms with Gasteiger partial charge in [0.15, 0.2) is 6.23 Å². The van der Waals surface area contributed by atoms with Crippen LogP contribution in [0.5, 0.6) is 0 Å². The Morgan fingerprint density at radius 1 is 1.23 bits per heavy atom. The summed E-state index contributed by atoms with van der Waals surface area (Å²) >= 11 is 0. The molecular weight excluding hydrogens is 404 g/mol. The Kier molecular flexibility index (Phi) is 6.41. The van der Waals surface area contributed by atoms with E-state index in [1.165, 1.54) is 12.3 Å². The maximum Gasteiger partial charge on any atom is 0.338 e. The monoisotopic (exact) mass is 428 g/mol. The molecule has 1 aliphatic heterocycles. The van der Waals surface area contributed by atoms with Crippen LogP contribution in [-0.4, -0.2) is 47.5 Å². The van der Waals surface area contributed by atoms with E-state index in [1.807, 2.05) is 0 Å². The van der Waals surface area contributed by atoms with Crippen molar-refractivity contribution in [1.29, 1.82) is 0 Å². The van der Waals surface area contributed by atoms with E-state index in [0.29, 0.717) is 5.56 Å². The zero-order chi connectivity index (χ0) is 21.9. The first-order valence-electron chi connectivity index (χ1n) is 9.55. The van der Waals surface area contributed by atoms with Gasteiger partial charge in [-0.15, -0.1) is 11.5 Å². The third-order valence-electron chi connectivity index (χ3n) is 4.50. The van der Waals surface area contributed by atoms with Crippen molar-refractivity contribution in [2.75, 3.05) is 6.61 Å². The highest BCUT2D eigenvalue weighted by molar-refractivity contribution is 6.83. The number of aliphatic hydroxyl groups excluding tert-OH is 1. The highest BCUT2D eigenvalue weighted by atomic mass is 28.3. The van der Waals surface area contributed by atoms with Gasteiger partial charge in [-0.1, -0.05) is 37.8 Å². The summed E-state index contributed by atoms with van der Waals surface area (Å²) < 4.78 is 12.4. The highest BCUT2D eigenvalue weighted by Crippen LogP contribution is 2.33. The van der Waals surface area contributed by atoms with Crippen LogP contribution in [0.4, 0.5) is 0 Å². The van der Waals surface area contributed by atoms with Crippen molar-refractivity contribution >= 4 is 14.0 Å². The number of benzene rings is 1. The standard InChI is InChI=1S/C21H24N2O6Si/c1-30(2,3)12-10-15-16(13-28-20(26)14-7-5-4-6-8-14)29-19(18(15)25)23-11-9-17(24)22-21(23)27/h4-9,11,15-16,18-19,25H,13H2,1-3H3,(H,22,24,27)/t15?,16-,18-,19-/m1/s1. The molecule has 0 bridgehead atoms. The molecular formula is C21H24N2O6Si. The van der Waals surface area contributed by atoms with Crippen LogP contribution < -0.4 is 11.2 Å². The van der Waals surface area contributed by atoms with Gasteiger partial charge in [0.25, 0.3) is 5.56 Å². The van der Waals surface area contributed by atoms with Crippen molar-refractivity contribution < 1.29 is 19.4 Å². The van der Waals surface area contributed by atoms with Gasteiger partial charge >= 0.3 is 11.7 Å². The number of esters is 1. The fourth-order valence-electron chi connectivity index (χ4n) is 3.04. The van der Waals surface area contributed by atoms with Crippen molar-refractivity contribution in [3.8, 4) is 11.5 Å². The predicted molar refractivity (Wildman–Crippen MR) is 113 cm³/mol. The number of rotatable bonds is 4. The van der Waals surface area contributed by atoms with Crippen LogP contribution in [0.25, 0.3) is 0 Å². The molecule has 0 saturated carbocycles. The highest BCUT2D eigenvalue weighted by Gasteiger charge is 2.45. The molecule has 0 amide bonds. The Balaban J connectivity index is 1.84. The molecule has 0 aliphatic carbocycles. The second-order valence-electron chi connectivity index (χ2n) is 8.08. The molecule has 1 aromatic heterocycles. The largest absolute Gasteiger partial charge is 0.459 e. The van der Waals surface area contributed by atoms with Crippen LogP contribution in [0, 0.1) is 17.4 Å². The van der Waals surface area contributed by atoms with Crippen LogP contribution in [0.15, 0.2) is 52.2 Å². The van der Waals surface area contributed by atoms with Gasteiger partial charge in [0.2, 0.25) is 0 Å². The Morgan fingerprint density at radius 3 is 2.57 bits per heavy atom. The van der Waals surface area contributed by atoms with E-state index in [1.54, 1.807) is 30.3 Å². The maximum absolute atomic E-state index is 12.3. The summed E-state index contributed by atoms with van der Waals surface area (Å²) in [5.74, 6) is 1.89. The van der Waals surface area contributed by atoms with Gasteiger partial charge in [0.1, 0.15) is 26.9 Å². The molecule has 2 aromatic rings. The smallest absolute Gasteiger partial charge is 0.338 e. The lowest BCUT2D eigenvalue weighted by Crippen LogP contribution is -2.36. The molecule has 0 spiro atoms. The summed E-state index contributed by atoms with van der Waals surface area (Å²) in [6.45, 7) is 6.06. The molecule has 0 radical (unpaired) electrons. The number of nitrogens with one attached hydrogen (secondary N) is 1. The first kappa shape index (κ1) is 21.8. The number of carbonyl (C=O) groups is 1. The lowest BCUT2D eigenvalue weighted by atomic mass is 9.99. The van der Waals surface area contributed by atoms with Crippen molar-refractivity contribution in [2.45, 2.75) is 38.1 Å². The zero-order valence-corrected chi connectivity index (χ0v) is 18.0. The van der Waals surface area contributed by atoms with Crippen molar-refractivity contribution in [3.63, 3.8) is 0 Å². The second kappa shape index (κ2) is 8.83. The molecule has 3 rings (SSSR count). The number of nitrogens with zero attached hydrogens (tertiary/aromatic N) is 1. The van der Waals surface area contributed by atoms with Gasteiger partial charge in [0.05, 0.1) is 11.5 Å². The lowest BCUT2D eigenvalue weighted by molar-refractivity contribution is -0.0575. The minimum Gasteiger partial charge on any atom is -0.459 e. The molecule has 2 N–H and O–H groups in total. The molecule has 1 unspecified atom stereocenters. The van der Waals surface area contributed by atoms with Crippen LogP contribution in [0.1, 0.15) is 16.6 Å². The van der Waals surface area contributed by atoms with Gasteiger partial charge in [-0.25, -0.2) is 9.59 Å². The molecule has 1 aliphatic rings. The van der Waals surface area contributed by atoms with E-state index in [-0.39, 0.29) is 6.61 Å². The van der Waals surface area contributed by atoms with E-state index < -0.39 is 49.6 Å². The van der Waals surface area contributed by atoms with Gasteiger partial charge in [-0.05, 0) is 12.1 Å². The first-order chi connectivity index (χ1) is 14.2. The summed E-state index contributed by atoms with van der Waals surface area (Å²) in [5.41, 5.74) is 2.35. The van der Waals surface area contributed by atoms with Gasteiger partial charge in [0, 0.05) is 12.3 Å². The Labute approximate surface area is 174 Å². The maximum atomic E-state index is 12.3. The summed E-state index contributed by atoms with van der Waals surface area (Å²) in [6.07, 6.45) is -1.68. The average Bonchev–Trinajstić information content (AvgIpc) is 3.00. The minimum atomic E-state index is -1.75. The van der Waals surface area contributed by atoms with E-state index in [2.05, 4.69) is 36.1 Å². The second-order valence-corrected chi connectivity index (χ2v) is 12.8. The van der Waals surface area contributed by atoms with E-state index in [0.717, 1.165) is 4.57 Å². The van der Waals surface area contributed by atoms with E-state index in [4.69, 9.17) is 9.47 Å². The lowest BCUT2D eigenvalue weighted by Gasteiger charge is -2.17. The van der Waals surface area contributed by atoms with Crippen LogP contribution in [-0.2, 0) is 9.47 Å². The molecule has 1 aromatic carbocycles. The topological polar surface area (TPSA) is 111 Å². The molecule has 158 valence electrons. The SMILES string of the molecule is C[Si](C)(C)C#CC1[C@@H](O)[C@H](n2ccc(=O)[nH]c2=O)O[C@@H]1COC(=O)c1ccccc1. The van der Waals surface area contributed by atoms with E-state index >= 15 is 0 Å². The summed E-state index contributed by atoms with van der Waals surface area (Å²) in [4.78, 5) is 37.9. The number of aromatic amines is 1. The van der Waals surface area contributed by atoms with Crippen molar-refractivity contribution in [3.05, 3.63) is 69.0 Å². The number of hydrogen-bond donors (Lipinski definition) is 2. The third-order valence-corrected chi connectivity index (χ3v) is 5.40. The Bertz CT molecular complexity index is 1080. The van der Waals surface area contributed by atoms with Gasteiger partial charge in [-0.3, -0.25) is 14.3 Å². The minimum absolute atomic E-state index is 0.134. The summed E-state index contributed by atoms with van der Waals surface area (Å²) in [5, 5.41) is 10.8.